The van der Waals surface area contributed by atoms with Crippen LogP contribution in [0.3, 0.4) is 0 Å². The summed E-state index contributed by atoms with van der Waals surface area (Å²) in [7, 11) is 4.69. The van der Waals surface area contributed by atoms with E-state index in [0.29, 0.717) is 0 Å². The van der Waals surface area contributed by atoms with Crippen LogP contribution < -0.4 is 0 Å². The summed E-state index contributed by atoms with van der Waals surface area (Å²) in [5.41, 5.74) is 0. The molecule has 0 saturated carbocycles. The number of halogens is 1. The maximum absolute atomic E-state index is 5.08. The van der Waals surface area contributed by atoms with Gasteiger partial charge >= 0.3 is 0 Å². The quantitative estimate of drug-likeness (QED) is 0.306. The first-order valence-corrected chi connectivity index (χ1v) is 3.12. The minimum atomic E-state index is -0.389. The molecule has 0 saturated heterocycles. The molecule has 0 fully saturated rings. The molecule has 0 aromatic rings. The van der Waals surface area contributed by atoms with Crippen molar-refractivity contribution < 1.29 is 0 Å². The fraction of sp³-hybridized carbons (Fsp3) is 0. The molecule has 0 spiro atoms. The van der Waals surface area contributed by atoms with E-state index in [4.69, 9.17) is 10.7 Å². The van der Waals surface area contributed by atoms with E-state index in [0.717, 1.165) is 0 Å². The summed E-state index contributed by atoms with van der Waals surface area (Å²) in [6.07, 6.45) is 0. The molecule has 0 atom stereocenters. The third-order valence-electron chi connectivity index (χ3n) is 0. The average Bonchev–Trinajstić information content (AvgIpc) is 0.811. The van der Waals surface area contributed by atoms with Crippen molar-refractivity contribution in [2.75, 3.05) is 0 Å². The zero-order chi connectivity index (χ0) is 3.58. The normalized spacial score (nSPS) is 8.50. The van der Waals surface area contributed by atoms with Gasteiger partial charge < -0.3 is 9.29 Å². The van der Waals surface area contributed by atoms with Gasteiger partial charge in [-0.2, -0.15) is 0 Å². The van der Waals surface area contributed by atoms with Crippen molar-refractivity contribution in [1.29, 1.82) is 0 Å². The van der Waals surface area contributed by atoms with Crippen LogP contribution in [0.25, 0.3) is 0 Å². The second-order valence-corrected chi connectivity index (χ2v) is 2.58. The fourth-order valence-electron chi connectivity index (χ4n) is 0. The van der Waals surface area contributed by atoms with Crippen LogP contribution in [-0.2, 0) is 9.29 Å². The van der Waals surface area contributed by atoms with Gasteiger partial charge in [0, 0.05) is 0 Å². The van der Waals surface area contributed by atoms with Gasteiger partial charge in [-0.3, -0.25) is 10.7 Å². The SMILES string of the molecule is C=[S-](=C)Cl. The standard InChI is InChI=1S/C2H4ClS/c1-4(2)3/h1-2H2/q-1. The number of rotatable bonds is 0. The van der Waals surface area contributed by atoms with Crippen LogP contribution in [0.4, 0.5) is 0 Å². The largest absolute Gasteiger partial charge is 0.399 e. The Labute approximate surface area is 32.4 Å². The lowest BCUT2D eigenvalue weighted by atomic mass is 12.0. The van der Waals surface area contributed by atoms with Crippen LogP contribution in [0.1, 0.15) is 0 Å². The summed E-state index contributed by atoms with van der Waals surface area (Å²) in [5.74, 6) is 6.64. The van der Waals surface area contributed by atoms with Crippen molar-refractivity contribution >= 4 is 31.7 Å². The Hall–Kier alpha value is 0.380. The third kappa shape index (κ3) is 31.4. The van der Waals surface area contributed by atoms with Crippen LogP contribution in [0, 0.1) is 0 Å². The van der Waals surface area contributed by atoms with Crippen LogP contribution >= 0.6 is 10.7 Å². The van der Waals surface area contributed by atoms with Crippen LogP contribution in [0.15, 0.2) is 0 Å². The Morgan fingerprint density at radius 3 is 1.50 bits per heavy atom. The molecule has 0 aromatic carbocycles. The Bertz CT molecular complexity index is 54.4. The van der Waals surface area contributed by atoms with Crippen molar-refractivity contribution in [3.05, 3.63) is 0 Å². The molecular weight excluding hydrogens is 91.5 g/mol. The van der Waals surface area contributed by atoms with Gasteiger partial charge in [-0.25, -0.2) is 11.7 Å². The molecule has 0 aliphatic heterocycles. The van der Waals surface area contributed by atoms with Crippen molar-refractivity contribution in [2.24, 2.45) is 0 Å². The number of hydrogen-bond acceptors (Lipinski definition) is 1. The third-order valence-corrected chi connectivity index (χ3v) is 0. The number of hydrogen-bond donors (Lipinski definition) is 0. The van der Waals surface area contributed by atoms with E-state index in [1.807, 2.05) is 0 Å². The van der Waals surface area contributed by atoms with Crippen LogP contribution in [-0.4, -0.2) is 11.7 Å². The molecule has 0 aromatic heterocycles. The lowest BCUT2D eigenvalue weighted by Crippen LogP contribution is -1.39. The first-order valence-electron chi connectivity index (χ1n) is 0.732. The zero-order valence-electron chi connectivity index (χ0n) is 2.20. The molecule has 0 radical (unpaired) electrons. The highest BCUT2D eigenvalue weighted by molar-refractivity contribution is 8.13. The van der Waals surface area contributed by atoms with Crippen LogP contribution in [0.5, 0.6) is 0 Å². The molecule has 0 nitrogen and oxygen atoms in total. The first-order chi connectivity index (χ1) is 1.73. The summed E-state index contributed by atoms with van der Waals surface area (Å²) in [6, 6.07) is 0. The molecule has 0 heterocycles. The Morgan fingerprint density at radius 1 is 1.50 bits per heavy atom. The lowest BCUT2D eigenvalue weighted by molar-refractivity contribution is 4.53. The highest BCUT2D eigenvalue weighted by atomic mass is 35.7. The van der Waals surface area contributed by atoms with E-state index in [-0.39, 0.29) is 9.29 Å². The van der Waals surface area contributed by atoms with Gasteiger partial charge in [0.2, 0.25) is 0 Å². The summed E-state index contributed by atoms with van der Waals surface area (Å²) in [6.45, 7) is 0. The Kier molecular flexibility index (Phi) is 1.84. The molecule has 0 bridgehead atoms. The fourth-order valence-corrected chi connectivity index (χ4v) is 0. The molecular formula is C2H4ClS-. The minimum Gasteiger partial charge on any atom is -0.399 e. The summed E-state index contributed by atoms with van der Waals surface area (Å²) >= 11 is 0. The summed E-state index contributed by atoms with van der Waals surface area (Å²) in [4.78, 5) is 0. The Morgan fingerprint density at radius 2 is 1.50 bits per heavy atom. The predicted octanol–water partition coefficient (Wildman–Crippen LogP) is 0.623. The van der Waals surface area contributed by atoms with Gasteiger partial charge in [0.05, 0.1) is 0 Å². The van der Waals surface area contributed by atoms with Gasteiger partial charge in [-0.1, -0.05) is 0 Å². The van der Waals surface area contributed by atoms with E-state index in [9.17, 15) is 0 Å². The van der Waals surface area contributed by atoms with E-state index in [1.165, 1.54) is 0 Å². The van der Waals surface area contributed by atoms with Gasteiger partial charge in [-0.05, 0) is 0 Å². The highest BCUT2D eigenvalue weighted by Crippen LogP contribution is 1.61. The molecule has 4 heavy (non-hydrogen) atoms. The molecule has 0 unspecified atom stereocenters. The summed E-state index contributed by atoms with van der Waals surface area (Å²) in [5, 5.41) is 0. The zero-order valence-corrected chi connectivity index (χ0v) is 3.77. The van der Waals surface area contributed by atoms with E-state index < -0.39 is 0 Å². The van der Waals surface area contributed by atoms with E-state index in [1.54, 1.807) is 0 Å². The van der Waals surface area contributed by atoms with Crippen molar-refractivity contribution in [3.63, 3.8) is 0 Å². The highest BCUT2D eigenvalue weighted by Gasteiger charge is 1.10. The molecule has 0 amide bonds. The monoisotopic (exact) mass is 95.0 g/mol. The average molecular weight is 95.6 g/mol. The van der Waals surface area contributed by atoms with Crippen molar-refractivity contribution in [3.8, 4) is 0 Å². The second kappa shape index (κ2) is 1.68. The van der Waals surface area contributed by atoms with Gasteiger partial charge in [0.1, 0.15) is 0 Å². The van der Waals surface area contributed by atoms with E-state index >= 15 is 0 Å². The Balaban J connectivity index is 3.51. The summed E-state index contributed by atoms with van der Waals surface area (Å²) < 4.78 is 0. The topological polar surface area (TPSA) is 0 Å². The molecule has 2 heteroatoms. The first kappa shape index (κ1) is 4.38. The van der Waals surface area contributed by atoms with E-state index in [2.05, 4.69) is 11.7 Å². The maximum atomic E-state index is 5.08. The molecule has 0 aliphatic rings. The molecule has 0 aliphatic carbocycles. The van der Waals surface area contributed by atoms with Gasteiger partial charge in [-0.15, -0.1) is 0 Å². The lowest BCUT2D eigenvalue weighted by Gasteiger charge is -1.74. The van der Waals surface area contributed by atoms with Crippen LogP contribution in [0.2, 0.25) is 0 Å². The van der Waals surface area contributed by atoms with Crippen molar-refractivity contribution in [1.82, 2.24) is 0 Å². The molecule has 0 N–H and O–H groups in total. The van der Waals surface area contributed by atoms with Gasteiger partial charge in [0.15, 0.2) is 0 Å². The molecule has 0 rings (SSSR count). The minimum absolute atomic E-state index is 0.389. The van der Waals surface area contributed by atoms with Gasteiger partial charge in [0.25, 0.3) is 0 Å². The van der Waals surface area contributed by atoms with Crippen molar-refractivity contribution in [2.45, 2.75) is 0 Å². The maximum Gasteiger partial charge on any atom is -0.214 e. The smallest absolute Gasteiger partial charge is 0.214 e. The molecule has 26 valence electrons. The second-order valence-electron chi connectivity index (χ2n) is 0.422. The predicted molar refractivity (Wildman–Crippen MR) is 27.5 cm³/mol.